The summed E-state index contributed by atoms with van der Waals surface area (Å²) in [4.78, 5) is 15.1. The third kappa shape index (κ3) is 3.24. The summed E-state index contributed by atoms with van der Waals surface area (Å²) in [6.45, 7) is 2.57. The molecule has 20 heavy (non-hydrogen) atoms. The Morgan fingerprint density at radius 2 is 2.15 bits per heavy atom. The molecule has 0 saturated heterocycles. The van der Waals surface area contributed by atoms with Gasteiger partial charge in [0, 0.05) is 31.1 Å². The summed E-state index contributed by atoms with van der Waals surface area (Å²) >= 11 is 1.61. The van der Waals surface area contributed by atoms with Crippen molar-refractivity contribution in [1.29, 1.82) is 0 Å². The van der Waals surface area contributed by atoms with Gasteiger partial charge < -0.3 is 10.6 Å². The number of anilines is 2. The fourth-order valence-corrected chi connectivity index (χ4v) is 2.68. The van der Waals surface area contributed by atoms with Crippen LogP contribution in [0.4, 0.5) is 17.1 Å². The molecule has 2 rings (SSSR count). The lowest BCUT2D eigenvalue weighted by atomic mass is 10.2. The number of hydrogen-bond donors (Lipinski definition) is 2. The van der Waals surface area contributed by atoms with Crippen LogP contribution in [-0.2, 0) is 6.42 Å². The average molecular weight is 292 g/mol. The molecule has 0 aliphatic carbocycles. The van der Waals surface area contributed by atoms with E-state index in [4.69, 9.17) is 0 Å². The third-order valence-corrected chi connectivity index (χ3v) is 3.84. The minimum atomic E-state index is -0.373. The fourth-order valence-electron chi connectivity index (χ4n) is 1.91. The van der Waals surface area contributed by atoms with E-state index in [0.29, 0.717) is 17.9 Å². The van der Waals surface area contributed by atoms with Crippen molar-refractivity contribution in [3.05, 3.63) is 44.4 Å². The van der Waals surface area contributed by atoms with Crippen LogP contribution in [0.5, 0.6) is 0 Å². The van der Waals surface area contributed by atoms with E-state index in [1.807, 2.05) is 12.3 Å². The molecule has 0 aliphatic heterocycles. The van der Waals surface area contributed by atoms with Crippen LogP contribution < -0.4 is 10.6 Å². The molecule has 2 N–H and O–H groups in total. The van der Waals surface area contributed by atoms with Crippen molar-refractivity contribution < 1.29 is 4.92 Å². The highest BCUT2D eigenvalue weighted by molar-refractivity contribution is 7.09. The standard InChI is InChI=1S/C13H16N4O2S/c1-9-8-20-12(16-9)6-7-15-11-5-3-4-10(14-2)13(11)17(18)19/h3-5,8,14-15H,6-7H2,1-2H3. The predicted octanol–water partition coefficient (Wildman–Crippen LogP) is 3.06. The first-order chi connectivity index (χ1) is 9.61. The number of aromatic nitrogens is 1. The summed E-state index contributed by atoms with van der Waals surface area (Å²) in [5.74, 6) is 0. The van der Waals surface area contributed by atoms with Gasteiger partial charge in [0.05, 0.1) is 9.93 Å². The van der Waals surface area contributed by atoms with Crippen LogP contribution in [0.15, 0.2) is 23.6 Å². The van der Waals surface area contributed by atoms with Crippen molar-refractivity contribution in [3.8, 4) is 0 Å². The van der Waals surface area contributed by atoms with E-state index < -0.39 is 0 Å². The van der Waals surface area contributed by atoms with Crippen LogP contribution in [0.25, 0.3) is 0 Å². The molecule has 0 atom stereocenters. The Kier molecular flexibility index (Phi) is 4.52. The molecule has 6 nitrogen and oxygen atoms in total. The monoisotopic (exact) mass is 292 g/mol. The number of hydrogen-bond acceptors (Lipinski definition) is 6. The highest BCUT2D eigenvalue weighted by Crippen LogP contribution is 2.32. The van der Waals surface area contributed by atoms with Gasteiger partial charge in [-0.3, -0.25) is 10.1 Å². The van der Waals surface area contributed by atoms with Gasteiger partial charge in [0.25, 0.3) is 0 Å². The largest absolute Gasteiger partial charge is 0.382 e. The lowest BCUT2D eigenvalue weighted by Crippen LogP contribution is -2.08. The number of thiazole rings is 1. The van der Waals surface area contributed by atoms with Crippen molar-refractivity contribution in [1.82, 2.24) is 4.98 Å². The molecule has 0 aliphatic rings. The maximum atomic E-state index is 11.2. The number of nitrogens with one attached hydrogen (secondary N) is 2. The molecule has 1 heterocycles. The molecule has 0 radical (unpaired) electrons. The topological polar surface area (TPSA) is 80.1 Å². The van der Waals surface area contributed by atoms with Gasteiger partial charge in [-0.1, -0.05) is 6.07 Å². The Morgan fingerprint density at radius 3 is 2.75 bits per heavy atom. The predicted molar refractivity (Wildman–Crippen MR) is 81.7 cm³/mol. The quantitative estimate of drug-likeness (QED) is 0.632. The van der Waals surface area contributed by atoms with Crippen LogP contribution in [0.3, 0.4) is 0 Å². The summed E-state index contributed by atoms with van der Waals surface area (Å²) in [7, 11) is 1.67. The maximum Gasteiger partial charge on any atom is 0.315 e. The zero-order valence-electron chi connectivity index (χ0n) is 11.3. The number of rotatable bonds is 6. The molecular formula is C13H16N4O2S. The highest BCUT2D eigenvalue weighted by Gasteiger charge is 2.18. The van der Waals surface area contributed by atoms with Gasteiger partial charge in [-0.25, -0.2) is 4.98 Å². The SMILES string of the molecule is CNc1cccc(NCCc2nc(C)cs2)c1[N+](=O)[O-]. The lowest BCUT2D eigenvalue weighted by Gasteiger charge is -2.09. The number of para-hydroxylation sites is 1. The second kappa shape index (κ2) is 6.33. The van der Waals surface area contributed by atoms with Crippen LogP contribution in [0.1, 0.15) is 10.7 Å². The smallest absolute Gasteiger partial charge is 0.315 e. The summed E-state index contributed by atoms with van der Waals surface area (Å²) in [5.41, 5.74) is 2.11. The first-order valence-electron chi connectivity index (χ1n) is 6.22. The molecule has 0 saturated carbocycles. The zero-order valence-corrected chi connectivity index (χ0v) is 12.2. The van der Waals surface area contributed by atoms with Gasteiger partial charge in [-0.15, -0.1) is 11.3 Å². The van der Waals surface area contributed by atoms with Gasteiger partial charge in [-0.2, -0.15) is 0 Å². The summed E-state index contributed by atoms with van der Waals surface area (Å²) in [6.07, 6.45) is 0.749. The molecule has 0 spiro atoms. The van der Waals surface area contributed by atoms with Crippen molar-refractivity contribution in [2.45, 2.75) is 13.3 Å². The van der Waals surface area contributed by atoms with Crippen LogP contribution in [0.2, 0.25) is 0 Å². The van der Waals surface area contributed by atoms with Crippen LogP contribution in [-0.4, -0.2) is 23.5 Å². The van der Waals surface area contributed by atoms with Crippen molar-refractivity contribution in [2.24, 2.45) is 0 Å². The Labute approximate surface area is 121 Å². The number of aryl methyl sites for hydroxylation is 1. The number of nitro benzene ring substituents is 1. The van der Waals surface area contributed by atoms with E-state index in [1.54, 1.807) is 36.6 Å². The Morgan fingerprint density at radius 1 is 1.40 bits per heavy atom. The fraction of sp³-hybridized carbons (Fsp3) is 0.308. The second-order valence-electron chi connectivity index (χ2n) is 4.27. The van der Waals surface area contributed by atoms with Crippen LogP contribution >= 0.6 is 11.3 Å². The minimum Gasteiger partial charge on any atom is -0.382 e. The van der Waals surface area contributed by atoms with Gasteiger partial charge in [0.2, 0.25) is 0 Å². The Balaban J connectivity index is 2.07. The second-order valence-corrected chi connectivity index (χ2v) is 5.21. The molecule has 1 aromatic carbocycles. The molecular weight excluding hydrogens is 276 g/mol. The number of nitrogens with zero attached hydrogens (tertiary/aromatic N) is 2. The van der Waals surface area contributed by atoms with Crippen molar-refractivity contribution in [3.63, 3.8) is 0 Å². The zero-order chi connectivity index (χ0) is 14.5. The van der Waals surface area contributed by atoms with E-state index in [9.17, 15) is 10.1 Å². The first-order valence-corrected chi connectivity index (χ1v) is 7.10. The molecule has 1 aromatic heterocycles. The number of benzene rings is 1. The molecule has 0 fully saturated rings. The Bertz CT molecular complexity index is 612. The van der Waals surface area contributed by atoms with E-state index in [2.05, 4.69) is 15.6 Å². The van der Waals surface area contributed by atoms with E-state index >= 15 is 0 Å². The molecule has 0 amide bonds. The van der Waals surface area contributed by atoms with Gasteiger partial charge in [-0.05, 0) is 19.1 Å². The van der Waals surface area contributed by atoms with E-state index in [1.165, 1.54) is 0 Å². The molecule has 106 valence electrons. The number of nitro groups is 1. The molecule has 2 aromatic rings. The lowest BCUT2D eigenvalue weighted by molar-refractivity contribution is -0.383. The molecule has 0 bridgehead atoms. The molecule has 7 heteroatoms. The van der Waals surface area contributed by atoms with Crippen LogP contribution in [0, 0.1) is 17.0 Å². The first kappa shape index (κ1) is 14.3. The van der Waals surface area contributed by atoms with Gasteiger partial charge >= 0.3 is 5.69 Å². The third-order valence-electron chi connectivity index (χ3n) is 2.81. The Hall–Kier alpha value is -2.15. The summed E-state index contributed by atoms with van der Waals surface area (Å²) in [5, 5.41) is 20.1. The van der Waals surface area contributed by atoms with E-state index in [0.717, 1.165) is 17.1 Å². The van der Waals surface area contributed by atoms with E-state index in [-0.39, 0.29) is 10.6 Å². The van der Waals surface area contributed by atoms with Crippen molar-refractivity contribution >= 4 is 28.4 Å². The van der Waals surface area contributed by atoms with Gasteiger partial charge in [0.15, 0.2) is 0 Å². The average Bonchev–Trinajstić information content (AvgIpc) is 2.83. The molecule has 0 unspecified atom stereocenters. The highest BCUT2D eigenvalue weighted by atomic mass is 32.1. The maximum absolute atomic E-state index is 11.2. The summed E-state index contributed by atoms with van der Waals surface area (Å²) < 4.78 is 0. The minimum absolute atomic E-state index is 0.0744. The van der Waals surface area contributed by atoms with Gasteiger partial charge in [0.1, 0.15) is 11.4 Å². The van der Waals surface area contributed by atoms with Crippen molar-refractivity contribution in [2.75, 3.05) is 24.2 Å². The summed E-state index contributed by atoms with van der Waals surface area (Å²) in [6, 6.07) is 5.19. The normalized spacial score (nSPS) is 10.3.